The van der Waals surface area contributed by atoms with Gasteiger partial charge >= 0.3 is 0 Å². The first-order valence-corrected chi connectivity index (χ1v) is 7.11. The lowest BCUT2D eigenvalue weighted by Crippen LogP contribution is -2.30. The highest BCUT2D eigenvalue weighted by Crippen LogP contribution is 2.40. The van der Waals surface area contributed by atoms with Crippen LogP contribution in [0.25, 0.3) is 0 Å². The predicted molar refractivity (Wildman–Crippen MR) is 77.6 cm³/mol. The van der Waals surface area contributed by atoms with Crippen molar-refractivity contribution in [1.82, 2.24) is 5.32 Å². The van der Waals surface area contributed by atoms with Crippen LogP contribution in [0.3, 0.4) is 0 Å². The lowest BCUT2D eigenvalue weighted by molar-refractivity contribution is 0.174. The van der Waals surface area contributed by atoms with E-state index >= 15 is 0 Å². The van der Waals surface area contributed by atoms with Gasteiger partial charge in [-0.15, -0.1) is 0 Å². The number of ether oxygens (including phenoxy) is 2. The van der Waals surface area contributed by atoms with Gasteiger partial charge in [-0.1, -0.05) is 29.8 Å². The van der Waals surface area contributed by atoms with Crippen LogP contribution >= 0.6 is 11.6 Å². The maximum atomic E-state index is 6.35. The Morgan fingerprint density at radius 3 is 2.70 bits per heavy atom. The lowest BCUT2D eigenvalue weighted by Gasteiger charge is -2.28. The highest BCUT2D eigenvalue weighted by Gasteiger charge is 2.26. The molecule has 3 nitrogen and oxygen atoms in total. The Balaban J connectivity index is 1.84. The second-order valence-corrected chi connectivity index (χ2v) is 5.47. The molecule has 2 aromatic rings. The Morgan fingerprint density at radius 2 is 1.85 bits per heavy atom. The predicted octanol–water partition coefficient (Wildman–Crippen LogP) is 3.30. The summed E-state index contributed by atoms with van der Waals surface area (Å²) in [4.78, 5) is 0. The third kappa shape index (κ3) is 1.86. The number of hydrogen-bond acceptors (Lipinski definition) is 3. The molecule has 0 fully saturated rings. The van der Waals surface area contributed by atoms with E-state index in [1.807, 2.05) is 18.2 Å². The highest BCUT2D eigenvalue weighted by atomic mass is 35.5. The van der Waals surface area contributed by atoms with Crippen molar-refractivity contribution in [2.45, 2.75) is 12.5 Å². The quantitative estimate of drug-likeness (QED) is 0.873. The molecule has 0 saturated carbocycles. The van der Waals surface area contributed by atoms with Crippen LogP contribution in [0.4, 0.5) is 0 Å². The molecule has 1 atom stereocenters. The van der Waals surface area contributed by atoms with Gasteiger partial charge in [0.25, 0.3) is 0 Å². The zero-order valence-corrected chi connectivity index (χ0v) is 11.6. The summed E-state index contributed by atoms with van der Waals surface area (Å²) in [6, 6.07) is 12.3. The molecule has 0 spiro atoms. The van der Waals surface area contributed by atoms with Gasteiger partial charge in [0.05, 0.1) is 6.04 Å². The van der Waals surface area contributed by atoms with Gasteiger partial charge in [0, 0.05) is 11.6 Å². The summed E-state index contributed by atoms with van der Waals surface area (Å²) in [6.45, 7) is 1.24. The maximum Gasteiger partial charge on any atom is 0.231 e. The Morgan fingerprint density at radius 1 is 1.05 bits per heavy atom. The molecule has 4 rings (SSSR count). The van der Waals surface area contributed by atoms with Gasteiger partial charge in [0.2, 0.25) is 6.79 Å². The van der Waals surface area contributed by atoms with E-state index in [9.17, 15) is 0 Å². The number of hydrogen-bond donors (Lipinski definition) is 1. The van der Waals surface area contributed by atoms with Crippen molar-refractivity contribution < 1.29 is 9.47 Å². The zero-order valence-electron chi connectivity index (χ0n) is 10.9. The van der Waals surface area contributed by atoms with Gasteiger partial charge < -0.3 is 14.8 Å². The second kappa shape index (κ2) is 4.69. The molecule has 0 amide bonds. The average Bonchev–Trinajstić information content (AvgIpc) is 2.92. The molecule has 2 aliphatic heterocycles. The van der Waals surface area contributed by atoms with Crippen molar-refractivity contribution in [2.24, 2.45) is 0 Å². The minimum atomic E-state index is 0.113. The molecule has 1 N–H and O–H groups in total. The molecule has 2 aliphatic rings. The molecule has 2 aromatic carbocycles. The molecular formula is C16H14ClNO2. The third-order valence-corrected chi connectivity index (χ3v) is 4.25. The van der Waals surface area contributed by atoms with Gasteiger partial charge in [0.1, 0.15) is 0 Å². The smallest absolute Gasteiger partial charge is 0.231 e. The number of benzene rings is 2. The summed E-state index contributed by atoms with van der Waals surface area (Å²) in [7, 11) is 0. The first-order valence-electron chi connectivity index (χ1n) is 6.73. The van der Waals surface area contributed by atoms with Gasteiger partial charge in [0.15, 0.2) is 11.5 Å². The van der Waals surface area contributed by atoms with E-state index in [2.05, 4.69) is 23.5 Å². The van der Waals surface area contributed by atoms with E-state index in [1.165, 1.54) is 11.1 Å². The second-order valence-electron chi connectivity index (χ2n) is 5.06. The van der Waals surface area contributed by atoms with Crippen molar-refractivity contribution in [2.75, 3.05) is 13.3 Å². The molecule has 2 heterocycles. The standard InChI is InChI=1S/C16H14ClNO2/c17-13-4-2-1-3-11(13)16-12-8-15-14(19-9-20-15)7-10(12)5-6-18-16/h1-4,7-8,16,18H,5-6,9H2. The molecule has 0 bridgehead atoms. The van der Waals surface area contributed by atoms with Gasteiger partial charge in [-0.3, -0.25) is 0 Å². The summed E-state index contributed by atoms with van der Waals surface area (Å²) in [5, 5.41) is 4.33. The van der Waals surface area contributed by atoms with Gasteiger partial charge in [-0.05, 0) is 41.3 Å². The van der Waals surface area contributed by atoms with Crippen molar-refractivity contribution in [3.8, 4) is 11.5 Å². The lowest BCUT2D eigenvalue weighted by atomic mass is 9.89. The van der Waals surface area contributed by atoms with Crippen LogP contribution in [-0.4, -0.2) is 13.3 Å². The Labute approximate surface area is 122 Å². The Bertz CT molecular complexity index is 672. The summed E-state index contributed by atoms with van der Waals surface area (Å²) in [5.41, 5.74) is 3.64. The first kappa shape index (κ1) is 12.1. The van der Waals surface area contributed by atoms with Crippen LogP contribution in [0.2, 0.25) is 5.02 Å². The summed E-state index contributed by atoms with van der Waals surface area (Å²) in [6.07, 6.45) is 0.993. The van der Waals surface area contributed by atoms with Crippen LogP contribution in [0, 0.1) is 0 Å². The monoisotopic (exact) mass is 287 g/mol. The average molecular weight is 288 g/mol. The fourth-order valence-electron chi connectivity index (χ4n) is 2.93. The largest absolute Gasteiger partial charge is 0.454 e. The molecule has 1 unspecified atom stereocenters. The number of nitrogens with one attached hydrogen (secondary N) is 1. The van der Waals surface area contributed by atoms with E-state index in [0.29, 0.717) is 6.79 Å². The SMILES string of the molecule is Clc1ccccc1C1NCCc2cc3c(cc21)OCO3. The fraction of sp³-hybridized carbons (Fsp3) is 0.250. The minimum absolute atomic E-state index is 0.113. The summed E-state index contributed by atoms with van der Waals surface area (Å²) < 4.78 is 11.0. The van der Waals surface area contributed by atoms with E-state index in [-0.39, 0.29) is 6.04 Å². The summed E-state index contributed by atoms with van der Waals surface area (Å²) >= 11 is 6.35. The van der Waals surface area contributed by atoms with E-state index in [4.69, 9.17) is 21.1 Å². The number of fused-ring (bicyclic) bond motifs is 2. The van der Waals surface area contributed by atoms with Crippen LogP contribution in [0.5, 0.6) is 11.5 Å². The normalized spacial score (nSPS) is 19.8. The van der Waals surface area contributed by atoms with E-state index in [0.717, 1.165) is 35.1 Å². The van der Waals surface area contributed by atoms with Crippen molar-refractivity contribution >= 4 is 11.6 Å². The molecule has 4 heteroatoms. The van der Waals surface area contributed by atoms with Crippen LogP contribution < -0.4 is 14.8 Å². The molecule has 20 heavy (non-hydrogen) atoms. The van der Waals surface area contributed by atoms with Gasteiger partial charge in [-0.2, -0.15) is 0 Å². The fourth-order valence-corrected chi connectivity index (χ4v) is 3.18. The topological polar surface area (TPSA) is 30.5 Å². The highest BCUT2D eigenvalue weighted by molar-refractivity contribution is 6.31. The molecule has 0 aliphatic carbocycles. The van der Waals surface area contributed by atoms with Crippen LogP contribution in [0.1, 0.15) is 22.7 Å². The maximum absolute atomic E-state index is 6.35. The van der Waals surface area contributed by atoms with Crippen molar-refractivity contribution in [3.63, 3.8) is 0 Å². The molecular weight excluding hydrogens is 274 g/mol. The van der Waals surface area contributed by atoms with E-state index < -0.39 is 0 Å². The van der Waals surface area contributed by atoms with E-state index in [1.54, 1.807) is 0 Å². The van der Waals surface area contributed by atoms with Crippen LogP contribution in [0.15, 0.2) is 36.4 Å². The zero-order chi connectivity index (χ0) is 13.5. The minimum Gasteiger partial charge on any atom is -0.454 e. The number of halogens is 1. The Hall–Kier alpha value is -1.71. The molecule has 0 saturated heterocycles. The Kier molecular flexibility index (Phi) is 2.83. The number of rotatable bonds is 1. The molecule has 102 valence electrons. The summed E-state index contributed by atoms with van der Waals surface area (Å²) in [5.74, 6) is 1.67. The molecule has 0 radical (unpaired) electrons. The van der Waals surface area contributed by atoms with Gasteiger partial charge in [-0.25, -0.2) is 0 Å². The third-order valence-electron chi connectivity index (χ3n) is 3.90. The van der Waals surface area contributed by atoms with Crippen molar-refractivity contribution in [1.29, 1.82) is 0 Å². The van der Waals surface area contributed by atoms with Crippen LogP contribution in [-0.2, 0) is 6.42 Å². The molecule has 0 aromatic heterocycles. The van der Waals surface area contributed by atoms with Crippen molar-refractivity contribution in [3.05, 3.63) is 58.1 Å². The first-order chi connectivity index (χ1) is 9.83.